The maximum Gasteiger partial charge on any atom is 0.253 e. The first-order valence-corrected chi connectivity index (χ1v) is 10.0. The number of piperidine rings is 1. The van der Waals surface area contributed by atoms with Gasteiger partial charge in [-0.25, -0.2) is 14.4 Å². The third-order valence-electron chi connectivity index (χ3n) is 5.31. The van der Waals surface area contributed by atoms with E-state index in [2.05, 4.69) is 9.97 Å². The van der Waals surface area contributed by atoms with Gasteiger partial charge in [0.2, 0.25) is 0 Å². The van der Waals surface area contributed by atoms with Gasteiger partial charge < -0.3 is 9.80 Å². The lowest BCUT2D eigenvalue weighted by molar-refractivity contribution is 0.0705. The second-order valence-electron chi connectivity index (χ2n) is 7.71. The number of aromatic nitrogens is 3. The summed E-state index contributed by atoms with van der Waals surface area (Å²) in [4.78, 5) is 30.3. The fourth-order valence-corrected chi connectivity index (χ4v) is 3.72. The van der Waals surface area contributed by atoms with E-state index in [4.69, 9.17) is 4.98 Å². The zero-order valence-corrected chi connectivity index (χ0v) is 17.1. The number of hydrogen-bond acceptors (Lipinski definition) is 5. The Morgan fingerprint density at radius 2 is 2.03 bits per heavy atom. The van der Waals surface area contributed by atoms with Crippen LogP contribution >= 0.6 is 0 Å². The second kappa shape index (κ2) is 8.57. The minimum Gasteiger partial charge on any atom is -0.363 e. The van der Waals surface area contributed by atoms with Crippen LogP contribution in [-0.2, 0) is 0 Å². The molecule has 0 N–H and O–H groups in total. The summed E-state index contributed by atoms with van der Waals surface area (Å²) < 4.78 is 13.6. The van der Waals surface area contributed by atoms with E-state index < -0.39 is 5.82 Å². The highest BCUT2D eigenvalue weighted by atomic mass is 19.1. The van der Waals surface area contributed by atoms with Crippen LogP contribution in [0.25, 0.3) is 11.4 Å². The fraction of sp³-hybridized carbons (Fsp3) is 0.304. The summed E-state index contributed by atoms with van der Waals surface area (Å²) >= 11 is 0. The summed E-state index contributed by atoms with van der Waals surface area (Å²) in [5.74, 6) is 0.981. The summed E-state index contributed by atoms with van der Waals surface area (Å²) in [6.07, 6.45) is 5.27. The van der Waals surface area contributed by atoms with Gasteiger partial charge in [-0.3, -0.25) is 9.78 Å². The Balaban J connectivity index is 1.63. The molecule has 0 radical (unpaired) electrons. The van der Waals surface area contributed by atoms with Crippen molar-refractivity contribution in [2.24, 2.45) is 0 Å². The number of anilines is 1. The number of rotatable bonds is 4. The molecule has 0 unspecified atom stereocenters. The first-order chi connectivity index (χ1) is 14.5. The van der Waals surface area contributed by atoms with E-state index in [1.165, 1.54) is 12.1 Å². The standard InChI is InChI=1S/C23H24FN5O/c1-28(2)21-13-20(26-22(27-21)17-7-4-10-25-14-17)18-8-5-11-29(15-18)23(30)16-6-3-9-19(24)12-16/h3-4,6-7,9-10,12-14,18H,5,8,11,15H2,1-2H3/t18-/m1/s1. The molecule has 1 fully saturated rings. The summed E-state index contributed by atoms with van der Waals surface area (Å²) in [6, 6.07) is 11.6. The summed E-state index contributed by atoms with van der Waals surface area (Å²) in [6.45, 7) is 1.21. The fourth-order valence-electron chi connectivity index (χ4n) is 3.72. The van der Waals surface area contributed by atoms with Crippen molar-refractivity contribution in [1.82, 2.24) is 19.9 Å². The molecule has 0 bridgehead atoms. The molecule has 3 aromatic rings. The number of carbonyl (C=O) groups is 1. The Labute approximate surface area is 175 Å². The Hall–Kier alpha value is -3.35. The molecule has 1 aliphatic heterocycles. The molecular formula is C23H24FN5O. The molecule has 6 nitrogen and oxygen atoms in total. The van der Waals surface area contributed by atoms with Crippen LogP contribution in [0.15, 0.2) is 54.9 Å². The van der Waals surface area contributed by atoms with Crippen molar-refractivity contribution in [2.75, 3.05) is 32.1 Å². The Kier molecular flexibility index (Phi) is 5.70. The molecule has 3 heterocycles. The molecular weight excluding hydrogens is 381 g/mol. The van der Waals surface area contributed by atoms with Crippen LogP contribution in [0.2, 0.25) is 0 Å². The normalized spacial score (nSPS) is 16.4. The number of benzene rings is 1. The number of amides is 1. The molecule has 2 aromatic heterocycles. The van der Waals surface area contributed by atoms with Crippen molar-refractivity contribution in [3.8, 4) is 11.4 Å². The lowest BCUT2D eigenvalue weighted by Crippen LogP contribution is -2.39. The van der Waals surface area contributed by atoms with Gasteiger partial charge in [-0.15, -0.1) is 0 Å². The Morgan fingerprint density at radius 1 is 1.17 bits per heavy atom. The van der Waals surface area contributed by atoms with Gasteiger partial charge in [-0.1, -0.05) is 6.07 Å². The van der Waals surface area contributed by atoms with Crippen LogP contribution in [0, 0.1) is 5.82 Å². The van der Waals surface area contributed by atoms with Gasteiger partial charge in [0.1, 0.15) is 11.6 Å². The first kappa shape index (κ1) is 19.9. The predicted octanol–water partition coefficient (Wildman–Crippen LogP) is 3.76. The third-order valence-corrected chi connectivity index (χ3v) is 5.31. The van der Waals surface area contributed by atoms with Crippen LogP contribution in [0.3, 0.4) is 0 Å². The van der Waals surface area contributed by atoms with E-state index in [1.54, 1.807) is 29.4 Å². The minimum atomic E-state index is -0.401. The van der Waals surface area contributed by atoms with Crippen molar-refractivity contribution in [3.63, 3.8) is 0 Å². The van der Waals surface area contributed by atoms with Crippen LogP contribution in [0.1, 0.15) is 34.8 Å². The average molecular weight is 405 g/mol. The summed E-state index contributed by atoms with van der Waals surface area (Å²) in [7, 11) is 3.89. The van der Waals surface area contributed by atoms with Crippen molar-refractivity contribution in [1.29, 1.82) is 0 Å². The number of carbonyl (C=O) groups excluding carboxylic acids is 1. The van der Waals surface area contributed by atoms with E-state index in [0.717, 1.165) is 29.9 Å². The molecule has 154 valence electrons. The molecule has 0 aliphatic carbocycles. The molecule has 4 rings (SSSR count). The van der Waals surface area contributed by atoms with E-state index in [-0.39, 0.29) is 11.8 Å². The van der Waals surface area contributed by atoms with Crippen LogP contribution < -0.4 is 4.90 Å². The van der Waals surface area contributed by atoms with Gasteiger partial charge in [0.05, 0.1) is 5.69 Å². The molecule has 30 heavy (non-hydrogen) atoms. The second-order valence-corrected chi connectivity index (χ2v) is 7.71. The number of halogens is 1. The molecule has 1 aliphatic rings. The maximum atomic E-state index is 13.6. The molecule has 1 amide bonds. The monoisotopic (exact) mass is 405 g/mol. The van der Waals surface area contributed by atoms with Crippen molar-refractivity contribution in [3.05, 3.63) is 71.9 Å². The van der Waals surface area contributed by atoms with Gasteiger partial charge in [-0.2, -0.15) is 0 Å². The number of pyridine rings is 1. The number of nitrogens with zero attached hydrogens (tertiary/aromatic N) is 5. The molecule has 7 heteroatoms. The van der Waals surface area contributed by atoms with Gasteiger partial charge in [0, 0.05) is 62.7 Å². The van der Waals surface area contributed by atoms with E-state index in [9.17, 15) is 9.18 Å². The van der Waals surface area contributed by atoms with Gasteiger partial charge in [0.25, 0.3) is 5.91 Å². The number of hydrogen-bond donors (Lipinski definition) is 0. The largest absolute Gasteiger partial charge is 0.363 e. The molecule has 1 saturated heterocycles. The maximum absolute atomic E-state index is 13.6. The van der Waals surface area contributed by atoms with Gasteiger partial charge >= 0.3 is 0 Å². The van der Waals surface area contributed by atoms with E-state index in [0.29, 0.717) is 24.5 Å². The first-order valence-electron chi connectivity index (χ1n) is 10.0. The summed E-state index contributed by atoms with van der Waals surface area (Å²) in [5, 5.41) is 0. The predicted molar refractivity (Wildman–Crippen MR) is 114 cm³/mol. The SMILES string of the molecule is CN(C)c1cc([C@@H]2CCCN(C(=O)c3cccc(F)c3)C2)nc(-c2cccnc2)n1. The van der Waals surface area contributed by atoms with Crippen molar-refractivity contribution < 1.29 is 9.18 Å². The summed E-state index contributed by atoms with van der Waals surface area (Å²) in [5.41, 5.74) is 2.14. The Morgan fingerprint density at radius 3 is 2.77 bits per heavy atom. The van der Waals surface area contributed by atoms with Crippen LogP contribution in [0.4, 0.5) is 10.2 Å². The van der Waals surface area contributed by atoms with Crippen LogP contribution in [0.5, 0.6) is 0 Å². The average Bonchev–Trinajstić information content (AvgIpc) is 2.79. The highest BCUT2D eigenvalue weighted by Gasteiger charge is 2.27. The highest BCUT2D eigenvalue weighted by Crippen LogP contribution is 2.30. The highest BCUT2D eigenvalue weighted by molar-refractivity contribution is 5.94. The number of likely N-dealkylation sites (tertiary alicyclic amines) is 1. The van der Waals surface area contributed by atoms with Crippen molar-refractivity contribution in [2.45, 2.75) is 18.8 Å². The smallest absolute Gasteiger partial charge is 0.253 e. The lowest BCUT2D eigenvalue weighted by atomic mass is 9.93. The topological polar surface area (TPSA) is 62.2 Å². The Bertz CT molecular complexity index is 1040. The van der Waals surface area contributed by atoms with Gasteiger partial charge in [0.15, 0.2) is 5.82 Å². The lowest BCUT2D eigenvalue weighted by Gasteiger charge is -2.33. The quantitative estimate of drug-likeness (QED) is 0.661. The molecule has 0 saturated carbocycles. The zero-order chi connectivity index (χ0) is 21.1. The third kappa shape index (κ3) is 4.30. The minimum absolute atomic E-state index is 0.0911. The van der Waals surface area contributed by atoms with E-state index in [1.807, 2.05) is 37.2 Å². The molecule has 1 atom stereocenters. The van der Waals surface area contributed by atoms with Crippen LogP contribution in [-0.4, -0.2) is 52.9 Å². The van der Waals surface area contributed by atoms with Crippen molar-refractivity contribution >= 4 is 11.7 Å². The molecule has 1 aromatic carbocycles. The zero-order valence-electron chi connectivity index (χ0n) is 17.1. The van der Waals surface area contributed by atoms with E-state index >= 15 is 0 Å². The van der Waals surface area contributed by atoms with Gasteiger partial charge in [-0.05, 0) is 43.2 Å². The molecule has 0 spiro atoms.